The van der Waals surface area contributed by atoms with Crippen LogP contribution in [-0.2, 0) is 20.7 Å². The number of fused-ring (bicyclic) bond motifs is 1. The number of hydrogen-bond donors (Lipinski definition) is 0. The number of aryl methyl sites for hydroxylation is 1. The molecule has 1 aromatic carbocycles. The molecule has 3 rings (SSSR count). The van der Waals surface area contributed by atoms with Gasteiger partial charge in [-0.05, 0) is 49.3 Å². The minimum atomic E-state index is -0.263. The van der Waals surface area contributed by atoms with Gasteiger partial charge in [0.05, 0.1) is 0 Å². The fourth-order valence-electron chi connectivity index (χ4n) is 4.35. The molecular formula is C21H29FN2O3. The van der Waals surface area contributed by atoms with Crippen molar-refractivity contribution >= 4 is 11.8 Å². The molecule has 1 aromatic rings. The third-order valence-corrected chi connectivity index (χ3v) is 5.76. The Balaban J connectivity index is 1.52. The van der Waals surface area contributed by atoms with E-state index in [1.807, 2.05) is 15.9 Å². The summed E-state index contributed by atoms with van der Waals surface area (Å²) in [6, 6.07) is 6.68. The molecule has 2 amide bonds. The second kappa shape index (κ2) is 9.31. The third-order valence-electron chi connectivity index (χ3n) is 5.76. The number of carbonyl (C=O) groups excluding carboxylic acids is 2. The van der Waals surface area contributed by atoms with Crippen LogP contribution in [0.5, 0.6) is 0 Å². The van der Waals surface area contributed by atoms with E-state index in [1.165, 1.54) is 12.1 Å². The Labute approximate surface area is 160 Å². The van der Waals surface area contributed by atoms with Crippen LogP contribution in [0.2, 0.25) is 0 Å². The van der Waals surface area contributed by atoms with Gasteiger partial charge in [0, 0.05) is 52.2 Å². The van der Waals surface area contributed by atoms with Crippen LogP contribution in [0, 0.1) is 11.7 Å². The SMILES string of the molecule is COCCCN1C(=O)CC[C@H]2CN(C(=O)CCc3cccc(F)c3)CC[C@H]21. The molecule has 0 saturated carbocycles. The van der Waals surface area contributed by atoms with Gasteiger partial charge in [0.15, 0.2) is 0 Å². The van der Waals surface area contributed by atoms with Crippen molar-refractivity contribution in [2.24, 2.45) is 5.92 Å². The van der Waals surface area contributed by atoms with Gasteiger partial charge in [-0.1, -0.05) is 12.1 Å². The fourth-order valence-corrected chi connectivity index (χ4v) is 4.35. The topological polar surface area (TPSA) is 49.9 Å². The summed E-state index contributed by atoms with van der Waals surface area (Å²) < 4.78 is 18.4. The fraction of sp³-hybridized carbons (Fsp3) is 0.619. The molecule has 5 nitrogen and oxygen atoms in total. The summed E-state index contributed by atoms with van der Waals surface area (Å²) in [6.45, 7) is 2.81. The summed E-state index contributed by atoms with van der Waals surface area (Å²) in [5.74, 6) is 0.456. The minimum absolute atomic E-state index is 0.126. The molecule has 0 aliphatic carbocycles. The number of amides is 2. The van der Waals surface area contributed by atoms with Gasteiger partial charge in [0.25, 0.3) is 0 Å². The van der Waals surface area contributed by atoms with Gasteiger partial charge < -0.3 is 14.5 Å². The average Bonchev–Trinajstić information content (AvgIpc) is 2.67. The predicted molar refractivity (Wildman–Crippen MR) is 101 cm³/mol. The zero-order chi connectivity index (χ0) is 19.2. The van der Waals surface area contributed by atoms with E-state index in [1.54, 1.807) is 13.2 Å². The average molecular weight is 376 g/mol. The monoisotopic (exact) mass is 376 g/mol. The number of nitrogens with zero attached hydrogens (tertiary/aromatic N) is 2. The van der Waals surface area contributed by atoms with Gasteiger partial charge >= 0.3 is 0 Å². The Morgan fingerprint density at radius 3 is 2.96 bits per heavy atom. The van der Waals surface area contributed by atoms with Crippen molar-refractivity contribution < 1.29 is 18.7 Å². The molecule has 0 aromatic heterocycles. The first-order chi connectivity index (χ1) is 13.1. The molecule has 2 aliphatic rings. The summed E-state index contributed by atoms with van der Waals surface area (Å²) in [6.07, 6.45) is 4.08. The van der Waals surface area contributed by atoms with Crippen molar-refractivity contribution in [3.05, 3.63) is 35.6 Å². The molecule has 0 radical (unpaired) electrons. The Morgan fingerprint density at radius 2 is 2.19 bits per heavy atom. The zero-order valence-electron chi connectivity index (χ0n) is 16.0. The quantitative estimate of drug-likeness (QED) is 0.688. The number of methoxy groups -OCH3 is 1. The van der Waals surface area contributed by atoms with Crippen molar-refractivity contribution in [2.45, 2.75) is 44.6 Å². The van der Waals surface area contributed by atoms with Crippen LogP contribution in [0.4, 0.5) is 4.39 Å². The Morgan fingerprint density at radius 1 is 1.33 bits per heavy atom. The Kier molecular flexibility index (Phi) is 6.83. The maximum atomic E-state index is 13.3. The number of likely N-dealkylation sites (tertiary alicyclic amines) is 2. The second-order valence-corrected chi connectivity index (χ2v) is 7.56. The lowest BCUT2D eigenvalue weighted by molar-refractivity contribution is -0.144. The van der Waals surface area contributed by atoms with E-state index in [9.17, 15) is 14.0 Å². The van der Waals surface area contributed by atoms with Crippen molar-refractivity contribution in [3.63, 3.8) is 0 Å². The molecule has 0 bridgehead atoms. The first-order valence-electron chi connectivity index (χ1n) is 9.89. The van der Waals surface area contributed by atoms with E-state index >= 15 is 0 Å². The molecule has 27 heavy (non-hydrogen) atoms. The lowest BCUT2D eigenvalue weighted by Crippen LogP contribution is -2.57. The number of piperidine rings is 2. The number of hydrogen-bond acceptors (Lipinski definition) is 3. The maximum Gasteiger partial charge on any atom is 0.222 e. The van der Waals surface area contributed by atoms with E-state index in [0.29, 0.717) is 38.3 Å². The van der Waals surface area contributed by atoms with E-state index in [4.69, 9.17) is 4.74 Å². The van der Waals surface area contributed by atoms with Crippen molar-refractivity contribution in [1.29, 1.82) is 0 Å². The minimum Gasteiger partial charge on any atom is -0.385 e. The van der Waals surface area contributed by atoms with Crippen LogP contribution < -0.4 is 0 Å². The molecule has 0 unspecified atom stereocenters. The molecule has 0 N–H and O–H groups in total. The number of halogens is 1. The van der Waals surface area contributed by atoms with E-state index in [2.05, 4.69) is 0 Å². The smallest absolute Gasteiger partial charge is 0.222 e. The lowest BCUT2D eigenvalue weighted by atomic mass is 9.83. The van der Waals surface area contributed by atoms with Gasteiger partial charge in [-0.25, -0.2) is 4.39 Å². The van der Waals surface area contributed by atoms with Crippen LogP contribution in [-0.4, -0.2) is 61.0 Å². The highest BCUT2D eigenvalue weighted by Gasteiger charge is 2.39. The van der Waals surface area contributed by atoms with Crippen LogP contribution in [0.15, 0.2) is 24.3 Å². The highest BCUT2D eigenvalue weighted by atomic mass is 19.1. The molecule has 2 heterocycles. The first-order valence-corrected chi connectivity index (χ1v) is 9.89. The van der Waals surface area contributed by atoms with E-state index in [0.717, 1.165) is 37.9 Å². The highest BCUT2D eigenvalue weighted by Crippen LogP contribution is 2.31. The molecule has 148 valence electrons. The van der Waals surface area contributed by atoms with Gasteiger partial charge in [-0.2, -0.15) is 0 Å². The summed E-state index contributed by atoms with van der Waals surface area (Å²) in [5, 5.41) is 0. The maximum absolute atomic E-state index is 13.3. The van der Waals surface area contributed by atoms with Crippen LogP contribution >= 0.6 is 0 Å². The highest BCUT2D eigenvalue weighted by molar-refractivity contribution is 5.78. The lowest BCUT2D eigenvalue weighted by Gasteiger charge is -2.47. The number of rotatable bonds is 7. The molecule has 2 atom stereocenters. The van der Waals surface area contributed by atoms with Crippen molar-refractivity contribution in [1.82, 2.24) is 9.80 Å². The number of ether oxygens (including phenoxy) is 1. The van der Waals surface area contributed by atoms with Crippen LogP contribution in [0.1, 0.15) is 37.7 Å². The summed E-state index contributed by atoms with van der Waals surface area (Å²) in [4.78, 5) is 28.9. The summed E-state index contributed by atoms with van der Waals surface area (Å²) >= 11 is 0. The Bertz CT molecular complexity index is 667. The van der Waals surface area contributed by atoms with Crippen molar-refractivity contribution in [3.8, 4) is 0 Å². The number of carbonyl (C=O) groups is 2. The standard InChI is InChI=1S/C21H29FN2O3/c1-27-13-3-11-24-19-10-12-23(15-17(19)7-9-21(24)26)20(25)8-6-16-4-2-5-18(22)14-16/h2,4-5,14,17,19H,3,6-13,15H2,1H3/t17-,19+/m0/s1. The molecule has 2 fully saturated rings. The Hall–Kier alpha value is -1.95. The summed E-state index contributed by atoms with van der Waals surface area (Å²) in [7, 11) is 1.68. The van der Waals surface area contributed by atoms with Crippen LogP contribution in [0.25, 0.3) is 0 Å². The molecular weight excluding hydrogens is 347 g/mol. The molecule has 6 heteroatoms. The molecule has 2 aliphatic heterocycles. The first kappa shape index (κ1) is 19.8. The normalized spacial score (nSPS) is 22.7. The number of benzene rings is 1. The van der Waals surface area contributed by atoms with Crippen molar-refractivity contribution in [2.75, 3.05) is 33.4 Å². The van der Waals surface area contributed by atoms with Gasteiger partial charge in [-0.3, -0.25) is 9.59 Å². The van der Waals surface area contributed by atoms with Crippen LogP contribution in [0.3, 0.4) is 0 Å². The summed E-state index contributed by atoms with van der Waals surface area (Å²) in [5.41, 5.74) is 0.853. The van der Waals surface area contributed by atoms with Gasteiger partial charge in [-0.15, -0.1) is 0 Å². The largest absolute Gasteiger partial charge is 0.385 e. The molecule has 0 spiro atoms. The third kappa shape index (κ3) is 5.06. The second-order valence-electron chi connectivity index (χ2n) is 7.56. The van der Waals surface area contributed by atoms with Gasteiger partial charge in [0.1, 0.15) is 5.82 Å². The van der Waals surface area contributed by atoms with Gasteiger partial charge in [0.2, 0.25) is 11.8 Å². The van der Waals surface area contributed by atoms with E-state index in [-0.39, 0.29) is 23.7 Å². The zero-order valence-corrected chi connectivity index (χ0v) is 16.0. The van der Waals surface area contributed by atoms with E-state index < -0.39 is 0 Å². The molecule has 2 saturated heterocycles. The predicted octanol–water partition coefficient (Wildman–Crippen LogP) is 2.63.